The first-order chi connectivity index (χ1) is 9.65. The molecule has 0 saturated carbocycles. The average molecular weight is 296 g/mol. The fraction of sp³-hybridized carbons (Fsp3) is 0.600. The van der Waals surface area contributed by atoms with Gasteiger partial charge in [0.15, 0.2) is 0 Å². The summed E-state index contributed by atoms with van der Waals surface area (Å²) in [6.07, 6.45) is 4.58. The maximum Gasteiger partial charge on any atom is 0.282 e. The largest absolute Gasteiger partial charge is 0.314 e. The lowest BCUT2D eigenvalue weighted by molar-refractivity contribution is -0.387. The van der Waals surface area contributed by atoms with Crippen LogP contribution in [0, 0.1) is 10.1 Å². The Balaban J connectivity index is 2.23. The molecule has 0 bridgehead atoms. The summed E-state index contributed by atoms with van der Waals surface area (Å²) >= 11 is 1.58. The minimum atomic E-state index is -0.306. The van der Waals surface area contributed by atoms with E-state index in [1.54, 1.807) is 23.9 Å². The Kier molecular flexibility index (Phi) is 8.30. The molecule has 0 aromatic heterocycles. The monoisotopic (exact) mass is 296 g/mol. The van der Waals surface area contributed by atoms with Gasteiger partial charge in [0.1, 0.15) is 0 Å². The number of thioether (sulfide) groups is 1. The summed E-state index contributed by atoms with van der Waals surface area (Å²) in [5.74, 6) is 0.936. The van der Waals surface area contributed by atoms with Crippen molar-refractivity contribution in [3.05, 3.63) is 34.4 Å². The van der Waals surface area contributed by atoms with Crippen LogP contribution in [0.15, 0.2) is 29.2 Å². The highest BCUT2D eigenvalue weighted by atomic mass is 32.2. The number of nitrogens with zero attached hydrogens (tertiary/aromatic N) is 1. The van der Waals surface area contributed by atoms with Crippen LogP contribution in [0.4, 0.5) is 5.69 Å². The van der Waals surface area contributed by atoms with Crippen molar-refractivity contribution in [2.45, 2.75) is 50.5 Å². The Hall–Kier alpha value is -1.07. The molecule has 0 saturated heterocycles. The van der Waals surface area contributed by atoms with Crippen molar-refractivity contribution in [3.8, 4) is 0 Å². The topological polar surface area (TPSA) is 55.2 Å². The molecular weight excluding hydrogens is 272 g/mol. The van der Waals surface area contributed by atoms with E-state index in [-0.39, 0.29) is 10.6 Å². The second-order valence-corrected chi connectivity index (χ2v) is 6.06. The lowest BCUT2D eigenvalue weighted by Gasteiger charge is -2.12. The first-order valence-corrected chi connectivity index (χ1v) is 8.23. The van der Waals surface area contributed by atoms with Gasteiger partial charge in [-0.25, -0.2) is 0 Å². The molecule has 0 spiro atoms. The van der Waals surface area contributed by atoms with Crippen LogP contribution in [0.25, 0.3) is 0 Å². The van der Waals surface area contributed by atoms with E-state index in [0.29, 0.717) is 6.04 Å². The van der Waals surface area contributed by atoms with Gasteiger partial charge in [0.2, 0.25) is 0 Å². The van der Waals surface area contributed by atoms with Gasteiger partial charge in [0.25, 0.3) is 5.69 Å². The summed E-state index contributed by atoms with van der Waals surface area (Å²) in [5.41, 5.74) is 0.218. The molecule has 1 rings (SSSR count). The Morgan fingerprint density at radius 3 is 2.80 bits per heavy atom. The van der Waals surface area contributed by atoms with E-state index < -0.39 is 0 Å². The maximum atomic E-state index is 10.9. The molecule has 1 aromatic rings. The third-order valence-electron chi connectivity index (χ3n) is 3.09. The molecule has 0 heterocycles. The van der Waals surface area contributed by atoms with Crippen LogP contribution >= 0.6 is 11.8 Å². The Labute approximate surface area is 125 Å². The summed E-state index contributed by atoms with van der Waals surface area (Å²) in [6.45, 7) is 5.46. The standard InChI is InChI=1S/C15H24N2O2S/c1-3-11-16-13(2)8-6-7-12-20-15-10-5-4-9-14(15)17(18)19/h4-5,9-10,13,16H,3,6-8,11-12H2,1-2H3. The van der Waals surface area contributed by atoms with Crippen molar-refractivity contribution < 1.29 is 4.92 Å². The van der Waals surface area contributed by atoms with E-state index in [0.717, 1.165) is 42.9 Å². The van der Waals surface area contributed by atoms with Crippen molar-refractivity contribution in [2.75, 3.05) is 12.3 Å². The van der Waals surface area contributed by atoms with Crippen LogP contribution < -0.4 is 5.32 Å². The van der Waals surface area contributed by atoms with E-state index in [2.05, 4.69) is 19.2 Å². The van der Waals surface area contributed by atoms with Crippen molar-refractivity contribution in [1.29, 1.82) is 0 Å². The van der Waals surface area contributed by atoms with E-state index in [4.69, 9.17) is 0 Å². The second-order valence-electron chi connectivity index (χ2n) is 4.92. The minimum absolute atomic E-state index is 0.218. The minimum Gasteiger partial charge on any atom is -0.314 e. The van der Waals surface area contributed by atoms with Crippen molar-refractivity contribution in [3.63, 3.8) is 0 Å². The molecule has 0 amide bonds. The van der Waals surface area contributed by atoms with Gasteiger partial charge in [0, 0.05) is 12.1 Å². The zero-order valence-corrected chi connectivity index (χ0v) is 13.1. The van der Waals surface area contributed by atoms with Crippen molar-refractivity contribution in [2.24, 2.45) is 0 Å². The zero-order chi connectivity index (χ0) is 14.8. The number of hydrogen-bond donors (Lipinski definition) is 1. The van der Waals surface area contributed by atoms with Gasteiger partial charge >= 0.3 is 0 Å². The van der Waals surface area contributed by atoms with E-state index >= 15 is 0 Å². The Morgan fingerprint density at radius 1 is 1.35 bits per heavy atom. The van der Waals surface area contributed by atoms with Crippen LogP contribution in [-0.4, -0.2) is 23.3 Å². The first-order valence-electron chi connectivity index (χ1n) is 7.24. The van der Waals surface area contributed by atoms with Crippen LogP contribution in [0.3, 0.4) is 0 Å². The fourth-order valence-corrected chi connectivity index (χ4v) is 2.99. The van der Waals surface area contributed by atoms with Gasteiger partial charge in [-0.15, -0.1) is 11.8 Å². The summed E-state index contributed by atoms with van der Waals surface area (Å²) in [7, 11) is 0. The lowest BCUT2D eigenvalue weighted by atomic mass is 10.1. The predicted molar refractivity (Wildman–Crippen MR) is 85.4 cm³/mol. The molecule has 1 N–H and O–H groups in total. The van der Waals surface area contributed by atoms with E-state index in [9.17, 15) is 10.1 Å². The highest BCUT2D eigenvalue weighted by Crippen LogP contribution is 2.29. The van der Waals surface area contributed by atoms with Crippen LogP contribution in [0.2, 0.25) is 0 Å². The summed E-state index contributed by atoms with van der Waals surface area (Å²) in [6, 6.07) is 7.52. The Bertz CT molecular complexity index is 413. The van der Waals surface area contributed by atoms with Crippen LogP contribution in [0.5, 0.6) is 0 Å². The van der Waals surface area contributed by atoms with Crippen LogP contribution in [-0.2, 0) is 0 Å². The highest BCUT2D eigenvalue weighted by molar-refractivity contribution is 7.99. The molecule has 0 aliphatic carbocycles. The molecule has 1 aromatic carbocycles. The summed E-state index contributed by atoms with van der Waals surface area (Å²) in [5, 5.41) is 14.4. The average Bonchev–Trinajstić information content (AvgIpc) is 2.45. The third-order valence-corrected chi connectivity index (χ3v) is 4.24. The fourth-order valence-electron chi connectivity index (χ4n) is 1.96. The lowest BCUT2D eigenvalue weighted by Crippen LogP contribution is -2.26. The molecule has 4 nitrogen and oxygen atoms in total. The number of para-hydroxylation sites is 1. The number of unbranched alkanes of at least 4 members (excludes halogenated alkanes) is 1. The molecular formula is C15H24N2O2S. The van der Waals surface area contributed by atoms with Crippen molar-refractivity contribution >= 4 is 17.4 Å². The zero-order valence-electron chi connectivity index (χ0n) is 12.3. The Morgan fingerprint density at radius 2 is 2.10 bits per heavy atom. The molecule has 112 valence electrons. The number of hydrogen-bond acceptors (Lipinski definition) is 4. The van der Waals surface area contributed by atoms with E-state index in [1.165, 1.54) is 0 Å². The number of rotatable bonds is 10. The molecule has 5 heteroatoms. The SMILES string of the molecule is CCCNC(C)CCCCSc1ccccc1[N+](=O)[O-]. The normalized spacial score (nSPS) is 12.3. The number of benzene rings is 1. The molecule has 0 radical (unpaired) electrons. The number of nitrogens with one attached hydrogen (secondary N) is 1. The quantitative estimate of drug-likeness (QED) is 0.303. The summed E-state index contributed by atoms with van der Waals surface area (Å²) < 4.78 is 0. The maximum absolute atomic E-state index is 10.9. The highest BCUT2D eigenvalue weighted by Gasteiger charge is 2.12. The van der Waals surface area contributed by atoms with Crippen LogP contribution in [0.1, 0.15) is 39.5 Å². The predicted octanol–water partition coefficient (Wildman–Crippen LogP) is 4.25. The van der Waals surface area contributed by atoms with Gasteiger partial charge < -0.3 is 5.32 Å². The van der Waals surface area contributed by atoms with Gasteiger partial charge in [-0.05, 0) is 44.6 Å². The molecule has 20 heavy (non-hydrogen) atoms. The molecule has 1 atom stereocenters. The van der Waals surface area contributed by atoms with Gasteiger partial charge in [0.05, 0.1) is 9.82 Å². The summed E-state index contributed by atoms with van der Waals surface area (Å²) in [4.78, 5) is 11.4. The van der Waals surface area contributed by atoms with Gasteiger partial charge in [-0.3, -0.25) is 10.1 Å². The van der Waals surface area contributed by atoms with E-state index in [1.807, 2.05) is 12.1 Å². The van der Waals surface area contributed by atoms with Gasteiger partial charge in [-0.2, -0.15) is 0 Å². The number of nitro benzene ring substituents is 1. The third kappa shape index (κ3) is 6.39. The second kappa shape index (κ2) is 9.77. The molecule has 0 aliphatic rings. The molecule has 0 fully saturated rings. The van der Waals surface area contributed by atoms with Gasteiger partial charge in [-0.1, -0.05) is 25.5 Å². The smallest absolute Gasteiger partial charge is 0.282 e. The molecule has 1 unspecified atom stereocenters. The first kappa shape index (κ1) is 17.0. The van der Waals surface area contributed by atoms with Crippen molar-refractivity contribution in [1.82, 2.24) is 5.32 Å². The number of nitro groups is 1. The molecule has 0 aliphatic heterocycles.